The van der Waals surface area contributed by atoms with Gasteiger partial charge in [0.1, 0.15) is 5.65 Å². The van der Waals surface area contributed by atoms with E-state index in [0.29, 0.717) is 11.7 Å². The number of aromatic nitrogens is 2. The number of thioether (sulfide) groups is 1. The largest absolute Gasteiger partial charge is 0.349 e. The Hall–Kier alpha value is -2.00. The van der Waals surface area contributed by atoms with Gasteiger partial charge < -0.3 is 9.30 Å². The highest BCUT2D eigenvalue weighted by Gasteiger charge is 2.06. The first-order valence-electron chi connectivity index (χ1n) is 5.38. The molecule has 5 nitrogen and oxygen atoms in total. The predicted octanol–water partition coefficient (Wildman–Crippen LogP) is 1.97. The second kappa shape index (κ2) is 5.56. The van der Waals surface area contributed by atoms with E-state index < -0.39 is 0 Å². The molecule has 0 aliphatic heterocycles. The summed E-state index contributed by atoms with van der Waals surface area (Å²) in [6.07, 6.45) is 9.39. The summed E-state index contributed by atoms with van der Waals surface area (Å²) in [4.78, 5) is 9.97. The van der Waals surface area contributed by atoms with E-state index in [0.717, 1.165) is 11.2 Å². The fraction of sp³-hybridized carbons (Fsp3) is 0.250. The van der Waals surface area contributed by atoms with Gasteiger partial charge in [-0.05, 0) is 24.0 Å². The maximum absolute atomic E-state index is 8.61. The van der Waals surface area contributed by atoms with E-state index in [2.05, 4.69) is 9.98 Å². The van der Waals surface area contributed by atoms with Crippen LogP contribution in [-0.2, 0) is 6.54 Å². The van der Waals surface area contributed by atoms with Gasteiger partial charge in [0.2, 0.25) is 6.19 Å². The Morgan fingerprint density at radius 2 is 2.44 bits per heavy atom. The minimum atomic E-state index is 0.699. The molecule has 6 heteroatoms. The summed E-state index contributed by atoms with van der Waals surface area (Å²) in [5.74, 6) is 0. The minimum absolute atomic E-state index is 0.699. The van der Waals surface area contributed by atoms with Crippen molar-refractivity contribution in [2.45, 2.75) is 6.54 Å². The summed E-state index contributed by atoms with van der Waals surface area (Å²) in [6, 6.07) is 4.07. The zero-order valence-corrected chi connectivity index (χ0v) is 11.1. The second-order valence-corrected chi connectivity index (χ2v) is 4.56. The number of nitriles is 1. The van der Waals surface area contributed by atoms with Gasteiger partial charge in [0, 0.05) is 32.2 Å². The molecule has 0 fully saturated rings. The quantitative estimate of drug-likeness (QED) is 0.470. The lowest BCUT2D eigenvalue weighted by Crippen LogP contribution is -2.23. The lowest BCUT2D eigenvalue weighted by atomic mass is 10.2. The number of imidazole rings is 1. The SMILES string of the molecule is CSC(=NC#N)N(C)Cc1ccn2ccnc2c1. The van der Waals surface area contributed by atoms with Crippen LogP contribution >= 0.6 is 11.8 Å². The minimum Gasteiger partial charge on any atom is -0.349 e. The van der Waals surface area contributed by atoms with E-state index >= 15 is 0 Å². The molecule has 0 unspecified atom stereocenters. The molecule has 0 atom stereocenters. The van der Waals surface area contributed by atoms with E-state index in [1.165, 1.54) is 11.8 Å². The molecule has 0 N–H and O–H groups in total. The van der Waals surface area contributed by atoms with Gasteiger partial charge in [-0.1, -0.05) is 11.8 Å². The van der Waals surface area contributed by atoms with E-state index in [1.54, 1.807) is 6.20 Å². The smallest absolute Gasteiger partial charge is 0.208 e. The van der Waals surface area contributed by atoms with Crippen LogP contribution in [0.4, 0.5) is 0 Å². The molecule has 0 bridgehead atoms. The van der Waals surface area contributed by atoms with Crippen molar-refractivity contribution in [2.24, 2.45) is 4.99 Å². The molecule has 92 valence electrons. The van der Waals surface area contributed by atoms with Crippen LogP contribution in [0.3, 0.4) is 0 Å². The van der Waals surface area contributed by atoms with Crippen LogP contribution < -0.4 is 0 Å². The third-order valence-corrected chi connectivity index (χ3v) is 3.30. The highest BCUT2D eigenvalue weighted by atomic mass is 32.2. The van der Waals surface area contributed by atoms with Crippen LogP contribution in [-0.4, -0.2) is 32.8 Å². The molecule has 0 saturated heterocycles. The molecular formula is C12H13N5S. The topological polar surface area (TPSA) is 56.7 Å². The van der Waals surface area contributed by atoms with Gasteiger partial charge in [0.25, 0.3) is 0 Å². The number of hydrogen-bond donors (Lipinski definition) is 0. The molecule has 2 aromatic heterocycles. The van der Waals surface area contributed by atoms with E-state index in [4.69, 9.17) is 5.26 Å². The summed E-state index contributed by atoms with van der Waals surface area (Å²) in [7, 11) is 1.92. The van der Waals surface area contributed by atoms with Gasteiger partial charge in [0.15, 0.2) is 5.17 Å². The monoisotopic (exact) mass is 259 g/mol. The molecule has 0 aliphatic rings. The van der Waals surface area contributed by atoms with Crippen LogP contribution in [0.25, 0.3) is 5.65 Å². The number of fused-ring (bicyclic) bond motifs is 1. The summed E-state index contributed by atoms with van der Waals surface area (Å²) >= 11 is 1.46. The number of nitrogens with zero attached hydrogens (tertiary/aromatic N) is 5. The van der Waals surface area contributed by atoms with Crippen molar-refractivity contribution in [2.75, 3.05) is 13.3 Å². The molecule has 0 amide bonds. The third-order valence-electron chi connectivity index (χ3n) is 2.54. The molecular weight excluding hydrogens is 246 g/mol. The van der Waals surface area contributed by atoms with E-state index in [9.17, 15) is 0 Å². The van der Waals surface area contributed by atoms with Crippen molar-refractivity contribution in [3.8, 4) is 6.19 Å². The van der Waals surface area contributed by atoms with Crippen LogP contribution in [0.1, 0.15) is 5.56 Å². The Morgan fingerprint density at radius 3 is 3.17 bits per heavy atom. The maximum atomic E-state index is 8.61. The Morgan fingerprint density at radius 1 is 1.61 bits per heavy atom. The lowest BCUT2D eigenvalue weighted by molar-refractivity contribution is 0.511. The first-order valence-corrected chi connectivity index (χ1v) is 6.60. The zero-order valence-electron chi connectivity index (χ0n) is 10.2. The first-order chi connectivity index (χ1) is 8.74. The number of rotatable bonds is 2. The Kier molecular flexibility index (Phi) is 3.85. The van der Waals surface area contributed by atoms with Gasteiger partial charge in [-0.15, -0.1) is 4.99 Å². The fourth-order valence-corrected chi connectivity index (χ4v) is 2.23. The molecule has 0 radical (unpaired) electrons. The summed E-state index contributed by atoms with van der Waals surface area (Å²) in [5, 5.41) is 9.31. The number of aliphatic imine (C=N–C) groups is 1. The van der Waals surface area contributed by atoms with Crippen molar-refractivity contribution >= 4 is 22.6 Å². The standard InChI is InChI=1S/C12H13N5S/c1-16(12(18-2)15-9-13)8-10-3-5-17-6-4-14-11(17)7-10/h3-7H,8H2,1-2H3. The van der Waals surface area contributed by atoms with E-state index in [-0.39, 0.29) is 0 Å². The predicted molar refractivity (Wildman–Crippen MR) is 73.2 cm³/mol. The van der Waals surface area contributed by atoms with Gasteiger partial charge >= 0.3 is 0 Å². The summed E-state index contributed by atoms with van der Waals surface area (Å²) in [5.41, 5.74) is 2.06. The van der Waals surface area contributed by atoms with Crippen LogP contribution in [0.2, 0.25) is 0 Å². The number of hydrogen-bond acceptors (Lipinski definition) is 4. The van der Waals surface area contributed by atoms with Gasteiger partial charge in [-0.25, -0.2) is 4.98 Å². The highest BCUT2D eigenvalue weighted by molar-refractivity contribution is 8.13. The van der Waals surface area contributed by atoms with Crippen molar-refractivity contribution in [3.63, 3.8) is 0 Å². The second-order valence-electron chi connectivity index (χ2n) is 3.78. The molecule has 0 spiro atoms. The average Bonchev–Trinajstić information content (AvgIpc) is 2.83. The normalized spacial score (nSPS) is 11.5. The molecule has 2 rings (SSSR count). The average molecular weight is 259 g/mol. The summed E-state index contributed by atoms with van der Waals surface area (Å²) < 4.78 is 1.96. The molecule has 0 aromatic carbocycles. The maximum Gasteiger partial charge on any atom is 0.208 e. The molecule has 18 heavy (non-hydrogen) atoms. The summed E-state index contributed by atoms with van der Waals surface area (Å²) in [6.45, 7) is 0.699. The van der Waals surface area contributed by atoms with Crippen molar-refractivity contribution in [3.05, 3.63) is 36.3 Å². The van der Waals surface area contributed by atoms with Crippen LogP contribution in [0.15, 0.2) is 35.7 Å². The number of pyridine rings is 1. The Labute approximate surface area is 110 Å². The molecule has 2 heterocycles. The Balaban J connectivity index is 2.18. The van der Waals surface area contributed by atoms with Crippen LogP contribution in [0, 0.1) is 11.5 Å². The highest BCUT2D eigenvalue weighted by Crippen LogP contribution is 2.11. The number of amidine groups is 1. The van der Waals surface area contributed by atoms with Crippen molar-refractivity contribution < 1.29 is 0 Å². The van der Waals surface area contributed by atoms with Crippen molar-refractivity contribution in [1.29, 1.82) is 5.26 Å². The van der Waals surface area contributed by atoms with Crippen LogP contribution in [0.5, 0.6) is 0 Å². The van der Waals surface area contributed by atoms with Crippen molar-refractivity contribution in [1.82, 2.24) is 14.3 Å². The van der Waals surface area contributed by atoms with Gasteiger partial charge in [0.05, 0.1) is 0 Å². The first kappa shape index (κ1) is 12.5. The van der Waals surface area contributed by atoms with Gasteiger partial charge in [-0.3, -0.25) is 0 Å². The van der Waals surface area contributed by atoms with E-state index in [1.807, 2.05) is 53.3 Å². The lowest BCUT2D eigenvalue weighted by Gasteiger charge is -2.18. The zero-order chi connectivity index (χ0) is 13.0. The fourth-order valence-electron chi connectivity index (χ4n) is 1.72. The third kappa shape index (κ3) is 2.63. The van der Waals surface area contributed by atoms with Gasteiger partial charge in [-0.2, -0.15) is 5.26 Å². The molecule has 0 aliphatic carbocycles. The molecule has 0 saturated carbocycles. The molecule has 2 aromatic rings. The Bertz CT molecular complexity index is 610.